The van der Waals surface area contributed by atoms with Gasteiger partial charge in [-0.3, -0.25) is 0 Å². The minimum atomic E-state index is -1.16. The Hall–Kier alpha value is -1.46. The number of nitrogen functional groups attached to an aromatic ring is 1. The highest BCUT2D eigenvalue weighted by atomic mass is 16.5. The van der Waals surface area contributed by atoms with Gasteiger partial charge in [-0.1, -0.05) is 0 Å². The molecule has 1 aromatic carbocycles. The van der Waals surface area contributed by atoms with Gasteiger partial charge < -0.3 is 26.0 Å². The van der Waals surface area contributed by atoms with Gasteiger partial charge in [0.15, 0.2) is 0 Å². The molecule has 0 spiro atoms. The van der Waals surface area contributed by atoms with Crippen LogP contribution in [0.5, 0.6) is 5.75 Å². The Labute approximate surface area is 94.8 Å². The number of nitrogens with two attached hydrogens (primary N) is 1. The molecular formula is C11H18N2O3. The number of aliphatic hydroxyl groups is 2. The number of benzene rings is 1. The minimum absolute atomic E-state index is 0.222. The molecule has 0 aliphatic rings. The Balaban J connectivity index is 2.68. The summed E-state index contributed by atoms with van der Waals surface area (Å²) in [6.07, 6.45) is 0. The van der Waals surface area contributed by atoms with Crippen molar-refractivity contribution < 1.29 is 14.9 Å². The lowest BCUT2D eigenvalue weighted by Crippen LogP contribution is -2.37. The molecule has 0 amide bonds. The predicted molar refractivity (Wildman–Crippen MR) is 63.6 cm³/mol. The summed E-state index contributed by atoms with van der Waals surface area (Å²) in [4.78, 5) is 0. The van der Waals surface area contributed by atoms with E-state index < -0.39 is 5.60 Å². The van der Waals surface area contributed by atoms with Crippen molar-refractivity contribution in [2.75, 3.05) is 31.3 Å². The van der Waals surface area contributed by atoms with E-state index in [2.05, 4.69) is 5.32 Å². The number of hydrogen-bond acceptors (Lipinski definition) is 5. The number of methoxy groups -OCH3 is 1. The Morgan fingerprint density at radius 2 is 2.19 bits per heavy atom. The molecule has 0 aliphatic carbocycles. The molecule has 0 heterocycles. The van der Waals surface area contributed by atoms with Crippen LogP contribution in [0.25, 0.3) is 0 Å². The normalized spacial score (nSPS) is 14.2. The van der Waals surface area contributed by atoms with Gasteiger partial charge in [-0.15, -0.1) is 0 Å². The van der Waals surface area contributed by atoms with Crippen molar-refractivity contribution in [1.29, 1.82) is 0 Å². The van der Waals surface area contributed by atoms with Gasteiger partial charge in [0.2, 0.25) is 0 Å². The van der Waals surface area contributed by atoms with Crippen LogP contribution in [-0.4, -0.2) is 36.1 Å². The molecule has 5 heteroatoms. The first kappa shape index (κ1) is 12.6. The molecule has 5 nitrogen and oxygen atoms in total. The van der Waals surface area contributed by atoms with Crippen molar-refractivity contribution in [2.45, 2.75) is 12.5 Å². The number of aliphatic hydroxyl groups excluding tert-OH is 1. The fraction of sp³-hybridized carbons (Fsp3) is 0.455. The molecule has 5 N–H and O–H groups in total. The van der Waals surface area contributed by atoms with Gasteiger partial charge in [0.1, 0.15) is 11.4 Å². The Morgan fingerprint density at radius 1 is 1.50 bits per heavy atom. The zero-order valence-corrected chi connectivity index (χ0v) is 9.53. The summed E-state index contributed by atoms with van der Waals surface area (Å²) in [7, 11) is 1.57. The number of nitrogens with one attached hydrogen (secondary N) is 1. The van der Waals surface area contributed by atoms with Crippen LogP contribution in [-0.2, 0) is 0 Å². The second-order valence-corrected chi connectivity index (χ2v) is 3.96. The van der Waals surface area contributed by atoms with Crippen LogP contribution in [0, 0.1) is 0 Å². The number of anilines is 2. The molecule has 1 aromatic rings. The summed E-state index contributed by atoms with van der Waals surface area (Å²) in [5.74, 6) is 0.678. The van der Waals surface area contributed by atoms with E-state index in [9.17, 15) is 5.11 Å². The first-order valence-electron chi connectivity index (χ1n) is 4.99. The van der Waals surface area contributed by atoms with Gasteiger partial charge in [0, 0.05) is 12.6 Å². The van der Waals surface area contributed by atoms with Crippen LogP contribution in [0.2, 0.25) is 0 Å². The largest absolute Gasteiger partial charge is 0.497 e. The zero-order valence-electron chi connectivity index (χ0n) is 9.53. The summed E-state index contributed by atoms with van der Waals surface area (Å²) >= 11 is 0. The second-order valence-electron chi connectivity index (χ2n) is 3.96. The number of hydrogen-bond donors (Lipinski definition) is 4. The topological polar surface area (TPSA) is 87.7 Å². The van der Waals surface area contributed by atoms with Crippen LogP contribution in [0.4, 0.5) is 11.4 Å². The van der Waals surface area contributed by atoms with Crippen LogP contribution in [0.15, 0.2) is 18.2 Å². The molecule has 0 fully saturated rings. The van der Waals surface area contributed by atoms with Gasteiger partial charge in [0.25, 0.3) is 0 Å². The fourth-order valence-corrected chi connectivity index (χ4v) is 1.17. The van der Waals surface area contributed by atoms with Crippen LogP contribution in [0.3, 0.4) is 0 Å². The van der Waals surface area contributed by atoms with Gasteiger partial charge >= 0.3 is 0 Å². The standard InChI is InChI=1S/C11H18N2O3/c1-11(15,7-14)6-13-10-4-3-8(16-2)5-9(10)12/h3-5,13-15H,6-7,12H2,1-2H3. The van der Waals surface area contributed by atoms with Gasteiger partial charge in [-0.05, 0) is 19.1 Å². The minimum Gasteiger partial charge on any atom is -0.497 e. The SMILES string of the molecule is COc1ccc(NCC(C)(O)CO)c(N)c1. The monoisotopic (exact) mass is 226 g/mol. The van der Waals surface area contributed by atoms with E-state index in [0.29, 0.717) is 17.1 Å². The second kappa shape index (κ2) is 5.05. The highest BCUT2D eigenvalue weighted by Gasteiger charge is 2.18. The van der Waals surface area contributed by atoms with Crippen LogP contribution in [0.1, 0.15) is 6.92 Å². The summed E-state index contributed by atoms with van der Waals surface area (Å²) < 4.78 is 5.02. The molecule has 0 saturated heterocycles. The summed E-state index contributed by atoms with van der Waals surface area (Å²) in [6, 6.07) is 5.23. The molecule has 90 valence electrons. The Morgan fingerprint density at radius 3 is 2.69 bits per heavy atom. The molecule has 1 unspecified atom stereocenters. The number of ether oxygens (including phenoxy) is 1. The highest BCUT2D eigenvalue weighted by molar-refractivity contribution is 5.68. The third-order valence-corrected chi connectivity index (χ3v) is 2.26. The first-order chi connectivity index (χ1) is 7.48. The van der Waals surface area contributed by atoms with E-state index in [4.69, 9.17) is 15.6 Å². The molecule has 0 aromatic heterocycles. The van der Waals surface area contributed by atoms with E-state index >= 15 is 0 Å². The van der Waals surface area contributed by atoms with Gasteiger partial charge in [-0.25, -0.2) is 0 Å². The lowest BCUT2D eigenvalue weighted by molar-refractivity contribution is 0.0132. The molecule has 1 rings (SSSR count). The van der Waals surface area contributed by atoms with Crippen molar-refractivity contribution in [1.82, 2.24) is 0 Å². The average molecular weight is 226 g/mol. The lowest BCUT2D eigenvalue weighted by atomic mass is 10.1. The zero-order chi connectivity index (χ0) is 12.2. The van der Waals surface area contributed by atoms with E-state index in [1.165, 1.54) is 0 Å². The Kier molecular flexibility index (Phi) is 3.98. The average Bonchev–Trinajstić information content (AvgIpc) is 2.27. The summed E-state index contributed by atoms with van der Waals surface area (Å²) in [5, 5.41) is 21.4. The van der Waals surface area contributed by atoms with Gasteiger partial charge in [-0.2, -0.15) is 0 Å². The van der Waals surface area contributed by atoms with Crippen molar-refractivity contribution in [2.24, 2.45) is 0 Å². The first-order valence-corrected chi connectivity index (χ1v) is 4.99. The maximum atomic E-state index is 9.60. The molecule has 0 bridgehead atoms. The third kappa shape index (κ3) is 3.29. The van der Waals surface area contributed by atoms with E-state index in [1.807, 2.05) is 0 Å². The lowest BCUT2D eigenvalue weighted by Gasteiger charge is -2.22. The smallest absolute Gasteiger partial charge is 0.121 e. The van der Waals surface area contributed by atoms with Crippen molar-refractivity contribution in [3.8, 4) is 5.75 Å². The fourth-order valence-electron chi connectivity index (χ4n) is 1.17. The molecule has 0 radical (unpaired) electrons. The quantitative estimate of drug-likeness (QED) is 0.547. The predicted octanol–water partition coefficient (Wildman–Crippen LogP) is 0.433. The maximum Gasteiger partial charge on any atom is 0.121 e. The third-order valence-electron chi connectivity index (χ3n) is 2.26. The van der Waals surface area contributed by atoms with E-state index in [0.717, 1.165) is 0 Å². The molecule has 0 saturated carbocycles. The number of rotatable bonds is 5. The molecule has 1 atom stereocenters. The molecule has 0 aliphatic heterocycles. The van der Waals surface area contributed by atoms with Gasteiger partial charge in [0.05, 0.1) is 25.1 Å². The summed E-state index contributed by atoms with van der Waals surface area (Å²) in [6.45, 7) is 1.45. The van der Waals surface area contributed by atoms with E-state index in [-0.39, 0.29) is 13.2 Å². The molecule has 16 heavy (non-hydrogen) atoms. The van der Waals surface area contributed by atoms with Crippen molar-refractivity contribution in [3.05, 3.63) is 18.2 Å². The highest BCUT2D eigenvalue weighted by Crippen LogP contribution is 2.24. The maximum absolute atomic E-state index is 9.60. The van der Waals surface area contributed by atoms with Crippen molar-refractivity contribution >= 4 is 11.4 Å². The Bertz CT molecular complexity index is 353. The van der Waals surface area contributed by atoms with Crippen LogP contribution >= 0.6 is 0 Å². The van der Waals surface area contributed by atoms with Crippen molar-refractivity contribution in [3.63, 3.8) is 0 Å². The van der Waals surface area contributed by atoms with Crippen LogP contribution < -0.4 is 15.8 Å². The molecular weight excluding hydrogens is 208 g/mol. The van der Waals surface area contributed by atoms with E-state index in [1.54, 1.807) is 32.2 Å². The summed E-state index contributed by atoms with van der Waals surface area (Å²) in [5.41, 5.74) is 5.86.